The first kappa shape index (κ1) is 29.7. The standard InChI is InChI=1S/C32H49NO3/c1-20(34)33(18-21-14-23(29(2,3)4)27(35)24(15-21)30(5,6)7)19-22-16-25(31(8,9)10)28(36)26(17-22)32(11,12)13/h14-17,35-36H,18-19H2,1-13H3. The van der Waals surface area contributed by atoms with Crippen molar-refractivity contribution < 1.29 is 15.0 Å². The van der Waals surface area contributed by atoms with Gasteiger partial charge in [0.2, 0.25) is 5.91 Å². The van der Waals surface area contributed by atoms with Gasteiger partial charge in [0, 0.05) is 20.0 Å². The third-order valence-electron chi connectivity index (χ3n) is 6.76. The van der Waals surface area contributed by atoms with E-state index in [1.165, 1.54) is 0 Å². The molecule has 0 bridgehead atoms. The molecular weight excluding hydrogens is 446 g/mol. The molecule has 0 aromatic heterocycles. The van der Waals surface area contributed by atoms with Crippen LogP contribution in [0.1, 0.15) is 123 Å². The molecule has 2 aromatic carbocycles. The molecule has 2 aromatic rings. The Balaban J connectivity index is 2.61. The van der Waals surface area contributed by atoms with E-state index in [1.807, 2.05) is 29.2 Å². The second kappa shape index (κ2) is 9.76. The van der Waals surface area contributed by atoms with E-state index < -0.39 is 0 Å². The highest BCUT2D eigenvalue weighted by atomic mass is 16.3. The lowest BCUT2D eigenvalue weighted by Gasteiger charge is -2.31. The number of aromatic hydroxyl groups is 2. The smallest absolute Gasteiger partial charge is 0.220 e. The van der Waals surface area contributed by atoms with Gasteiger partial charge in [-0.05, 0) is 79.3 Å². The zero-order chi connectivity index (χ0) is 28.0. The molecule has 0 spiro atoms. The normalized spacial score (nSPS) is 13.1. The van der Waals surface area contributed by atoms with Gasteiger partial charge in [-0.2, -0.15) is 0 Å². The van der Waals surface area contributed by atoms with Gasteiger partial charge >= 0.3 is 0 Å². The zero-order valence-electron chi connectivity index (χ0n) is 25.0. The van der Waals surface area contributed by atoms with E-state index in [-0.39, 0.29) is 27.6 Å². The molecule has 1 amide bonds. The molecule has 0 unspecified atom stereocenters. The SMILES string of the molecule is CC(=O)N(Cc1cc(C(C)(C)C)c(O)c(C(C)(C)C)c1)Cc1cc(C(C)(C)C)c(O)c(C(C)(C)C)c1. The van der Waals surface area contributed by atoms with Crippen molar-refractivity contribution in [1.29, 1.82) is 0 Å². The highest BCUT2D eigenvalue weighted by molar-refractivity contribution is 5.73. The molecule has 0 fully saturated rings. The van der Waals surface area contributed by atoms with Crippen LogP contribution in [0.5, 0.6) is 11.5 Å². The monoisotopic (exact) mass is 495 g/mol. The first-order chi connectivity index (χ1) is 16.0. The van der Waals surface area contributed by atoms with Crippen LogP contribution in [0.25, 0.3) is 0 Å². The summed E-state index contributed by atoms with van der Waals surface area (Å²) in [5.74, 6) is 0.674. The van der Waals surface area contributed by atoms with E-state index in [4.69, 9.17) is 0 Å². The topological polar surface area (TPSA) is 60.8 Å². The molecule has 0 aliphatic heterocycles. The van der Waals surface area contributed by atoms with E-state index in [9.17, 15) is 15.0 Å². The Morgan fingerprint density at radius 1 is 0.583 bits per heavy atom. The number of carbonyl (C=O) groups excluding carboxylic acids is 1. The van der Waals surface area contributed by atoms with E-state index in [2.05, 4.69) is 83.1 Å². The molecule has 0 aliphatic carbocycles. The van der Waals surface area contributed by atoms with Gasteiger partial charge in [0.1, 0.15) is 11.5 Å². The number of carbonyl (C=O) groups is 1. The predicted molar refractivity (Wildman–Crippen MR) is 151 cm³/mol. The summed E-state index contributed by atoms with van der Waals surface area (Å²) in [6, 6.07) is 8.16. The second-order valence-corrected chi connectivity index (χ2v) is 14.5. The number of amides is 1. The molecule has 36 heavy (non-hydrogen) atoms. The number of phenolic OH excluding ortho intramolecular Hbond substituents is 2. The molecule has 200 valence electrons. The fourth-order valence-electron chi connectivity index (χ4n) is 4.58. The van der Waals surface area contributed by atoms with Crippen LogP contribution >= 0.6 is 0 Å². The van der Waals surface area contributed by atoms with Crippen molar-refractivity contribution in [3.63, 3.8) is 0 Å². The number of hydrogen-bond acceptors (Lipinski definition) is 3. The fourth-order valence-corrected chi connectivity index (χ4v) is 4.58. The second-order valence-electron chi connectivity index (χ2n) is 14.5. The summed E-state index contributed by atoms with van der Waals surface area (Å²) in [5, 5.41) is 22.2. The van der Waals surface area contributed by atoms with Crippen LogP contribution in [0.3, 0.4) is 0 Å². The first-order valence-electron chi connectivity index (χ1n) is 13.0. The summed E-state index contributed by atoms with van der Waals surface area (Å²) >= 11 is 0. The largest absolute Gasteiger partial charge is 0.507 e. The van der Waals surface area contributed by atoms with Crippen LogP contribution in [-0.2, 0) is 39.5 Å². The summed E-state index contributed by atoms with van der Waals surface area (Å²) in [4.78, 5) is 14.7. The van der Waals surface area contributed by atoms with E-state index in [1.54, 1.807) is 6.92 Å². The quantitative estimate of drug-likeness (QED) is 0.454. The van der Waals surface area contributed by atoms with E-state index in [0.717, 1.165) is 33.4 Å². The minimum absolute atomic E-state index is 0.0135. The Morgan fingerprint density at radius 2 is 0.806 bits per heavy atom. The minimum Gasteiger partial charge on any atom is -0.507 e. The molecule has 2 rings (SSSR count). The lowest BCUT2D eigenvalue weighted by molar-refractivity contribution is -0.130. The van der Waals surface area contributed by atoms with Crippen molar-refractivity contribution in [3.8, 4) is 11.5 Å². The maximum Gasteiger partial charge on any atom is 0.220 e. The van der Waals surface area contributed by atoms with Crippen molar-refractivity contribution in [3.05, 3.63) is 57.6 Å². The van der Waals surface area contributed by atoms with Gasteiger partial charge in [-0.3, -0.25) is 4.79 Å². The van der Waals surface area contributed by atoms with Gasteiger partial charge < -0.3 is 15.1 Å². The number of phenols is 2. The number of hydrogen-bond donors (Lipinski definition) is 2. The molecule has 4 nitrogen and oxygen atoms in total. The van der Waals surface area contributed by atoms with Crippen molar-refractivity contribution in [1.82, 2.24) is 4.90 Å². The lowest BCUT2D eigenvalue weighted by Crippen LogP contribution is -2.29. The van der Waals surface area contributed by atoms with Crippen LogP contribution in [0.2, 0.25) is 0 Å². The van der Waals surface area contributed by atoms with Gasteiger partial charge in [-0.25, -0.2) is 0 Å². The minimum atomic E-state index is -0.235. The van der Waals surface area contributed by atoms with Crippen LogP contribution < -0.4 is 0 Å². The molecule has 0 saturated heterocycles. The summed E-state index contributed by atoms with van der Waals surface area (Å²) in [5.41, 5.74) is 4.63. The number of rotatable bonds is 4. The van der Waals surface area contributed by atoms with Gasteiger partial charge in [0.05, 0.1) is 0 Å². The Morgan fingerprint density at radius 3 is 0.972 bits per heavy atom. The summed E-state index contributed by atoms with van der Waals surface area (Å²) in [6.07, 6.45) is 0. The molecule has 0 atom stereocenters. The summed E-state index contributed by atoms with van der Waals surface area (Å²) in [6.45, 7) is 27.6. The van der Waals surface area contributed by atoms with Crippen molar-refractivity contribution in [2.75, 3.05) is 0 Å². The molecule has 0 aliphatic rings. The zero-order valence-corrected chi connectivity index (χ0v) is 25.0. The molecular formula is C32H49NO3. The Kier molecular flexibility index (Phi) is 8.06. The summed E-state index contributed by atoms with van der Waals surface area (Å²) < 4.78 is 0. The fraction of sp³-hybridized carbons (Fsp3) is 0.594. The average molecular weight is 496 g/mol. The summed E-state index contributed by atoms with van der Waals surface area (Å²) in [7, 11) is 0. The van der Waals surface area contributed by atoms with Crippen LogP contribution in [0.15, 0.2) is 24.3 Å². The van der Waals surface area contributed by atoms with Crippen LogP contribution in [0.4, 0.5) is 0 Å². The third kappa shape index (κ3) is 6.83. The van der Waals surface area contributed by atoms with Gasteiger partial charge in [-0.15, -0.1) is 0 Å². The van der Waals surface area contributed by atoms with Gasteiger partial charge in [-0.1, -0.05) is 83.1 Å². The van der Waals surface area contributed by atoms with Gasteiger partial charge in [0.25, 0.3) is 0 Å². The predicted octanol–water partition coefficient (Wildman–Crippen LogP) is 7.84. The van der Waals surface area contributed by atoms with Crippen molar-refractivity contribution in [2.24, 2.45) is 0 Å². The first-order valence-corrected chi connectivity index (χ1v) is 13.0. The van der Waals surface area contributed by atoms with Crippen molar-refractivity contribution >= 4 is 5.91 Å². The Hall–Kier alpha value is -2.49. The molecule has 2 N–H and O–H groups in total. The highest BCUT2D eigenvalue weighted by Gasteiger charge is 2.29. The average Bonchev–Trinajstić information content (AvgIpc) is 2.65. The maximum atomic E-state index is 12.8. The lowest BCUT2D eigenvalue weighted by atomic mass is 9.78. The van der Waals surface area contributed by atoms with E-state index >= 15 is 0 Å². The molecule has 0 saturated carbocycles. The van der Waals surface area contributed by atoms with Crippen LogP contribution in [0, 0.1) is 0 Å². The Labute approximate surface area is 219 Å². The third-order valence-corrected chi connectivity index (χ3v) is 6.76. The maximum absolute atomic E-state index is 12.8. The van der Waals surface area contributed by atoms with E-state index in [0.29, 0.717) is 24.6 Å². The molecule has 0 heterocycles. The van der Waals surface area contributed by atoms with Crippen LogP contribution in [-0.4, -0.2) is 21.0 Å². The Bertz CT molecular complexity index is 963. The van der Waals surface area contributed by atoms with Gasteiger partial charge in [0.15, 0.2) is 0 Å². The van der Waals surface area contributed by atoms with Crippen molar-refractivity contribution in [2.45, 2.75) is 125 Å². The molecule has 0 radical (unpaired) electrons. The highest BCUT2D eigenvalue weighted by Crippen LogP contribution is 2.41. The molecule has 4 heteroatoms. The number of nitrogens with zero attached hydrogens (tertiary/aromatic N) is 1. The number of benzene rings is 2.